The van der Waals surface area contributed by atoms with Gasteiger partial charge in [0.25, 0.3) is 0 Å². The molecular weight excluding hydrogens is 237 g/mol. The molecule has 0 spiro atoms. The normalized spacial score (nSPS) is 12.9. The van der Waals surface area contributed by atoms with Crippen LogP contribution in [0.25, 0.3) is 0 Å². The predicted molar refractivity (Wildman–Crippen MR) is 53.0 cm³/mol. The molecule has 4 heteroatoms. The van der Waals surface area contributed by atoms with E-state index in [2.05, 4.69) is 21.2 Å². The molecule has 0 aliphatic carbocycles. The molecule has 0 aliphatic heterocycles. The number of aliphatic hydroxyl groups excluding tert-OH is 1. The van der Waals surface area contributed by atoms with E-state index in [-0.39, 0.29) is 18.5 Å². The predicted octanol–water partition coefficient (Wildman–Crippen LogP) is 1.84. The summed E-state index contributed by atoms with van der Waals surface area (Å²) < 4.78 is 13.6. The van der Waals surface area contributed by atoms with Crippen LogP contribution in [-0.4, -0.2) is 18.8 Å². The van der Waals surface area contributed by atoms with Gasteiger partial charge in [-0.25, -0.2) is 4.39 Å². The van der Waals surface area contributed by atoms with Crippen LogP contribution < -0.4 is 5.32 Å². The average Bonchev–Trinajstić information content (AvgIpc) is 2.13. The first-order chi connectivity index (χ1) is 6.19. The molecule has 0 aromatic heterocycles. The van der Waals surface area contributed by atoms with Crippen molar-refractivity contribution >= 4 is 15.9 Å². The summed E-state index contributed by atoms with van der Waals surface area (Å²) >= 11 is 3.29. The second-order valence-corrected chi connectivity index (χ2v) is 3.54. The molecule has 1 aromatic carbocycles. The van der Waals surface area contributed by atoms with E-state index in [0.29, 0.717) is 0 Å². The highest BCUT2D eigenvalue weighted by molar-refractivity contribution is 9.10. The van der Waals surface area contributed by atoms with E-state index in [4.69, 9.17) is 5.11 Å². The number of hydrogen-bond acceptors (Lipinski definition) is 2. The number of rotatable bonds is 3. The third-order valence-electron chi connectivity index (χ3n) is 1.86. The van der Waals surface area contributed by atoms with Gasteiger partial charge in [0.15, 0.2) is 0 Å². The average molecular weight is 248 g/mol. The molecule has 0 aliphatic rings. The van der Waals surface area contributed by atoms with Gasteiger partial charge in [0.05, 0.1) is 12.6 Å². The van der Waals surface area contributed by atoms with Crippen LogP contribution in [0.3, 0.4) is 0 Å². The molecule has 72 valence electrons. The SMILES string of the molecule is CNC(CO)c1cc(F)ccc1Br. The lowest BCUT2D eigenvalue weighted by Crippen LogP contribution is -2.20. The van der Waals surface area contributed by atoms with E-state index >= 15 is 0 Å². The molecule has 0 amide bonds. The van der Waals surface area contributed by atoms with E-state index in [1.54, 1.807) is 13.1 Å². The van der Waals surface area contributed by atoms with Gasteiger partial charge in [-0.2, -0.15) is 0 Å². The molecule has 2 N–H and O–H groups in total. The van der Waals surface area contributed by atoms with E-state index < -0.39 is 0 Å². The van der Waals surface area contributed by atoms with Crippen molar-refractivity contribution in [2.75, 3.05) is 13.7 Å². The van der Waals surface area contributed by atoms with E-state index in [9.17, 15) is 4.39 Å². The molecule has 0 saturated heterocycles. The topological polar surface area (TPSA) is 32.3 Å². The van der Waals surface area contributed by atoms with Crippen molar-refractivity contribution in [1.29, 1.82) is 0 Å². The minimum absolute atomic E-state index is 0.0570. The van der Waals surface area contributed by atoms with Gasteiger partial charge in [0.1, 0.15) is 5.82 Å². The number of hydrogen-bond donors (Lipinski definition) is 2. The molecule has 0 fully saturated rings. The number of nitrogens with one attached hydrogen (secondary N) is 1. The van der Waals surface area contributed by atoms with Crippen molar-refractivity contribution in [1.82, 2.24) is 5.32 Å². The Morgan fingerprint density at radius 2 is 2.31 bits per heavy atom. The minimum Gasteiger partial charge on any atom is -0.394 e. The van der Waals surface area contributed by atoms with Gasteiger partial charge in [-0.15, -0.1) is 0 Å². The molecule has 0 saturated carbocycles. The standard InChI is InChI=1S/C9H11BrFNO/c1-12-9(5-13)7-4-6(11)2-3-8(7)10/h2-4,9,12-13H,5H2,1H3. The largest absolute Gasteiger partial charge is 0.394 e. The van der Waals surface area contributed by atoms with E-state index in [1.165, 1.54) is 12.1 Å². The zero-order valence-corrected chi connectivity index (χ0v) is 8.81. The van der Waals surface area contributed by atoms with Crippen molar-refractivity contribution in [3.05, 3.63) is 34.1 Å². The molecule has 0 heterocycles. The molecule has 1 unspecified atom stereocenters. The Kier molecular flexibility index (Phi) is 3.84. The fraction of sp³-hybridized carbons (Fsp3) is 0.333. The third kappa shape index (κ3) is 2.49. The second-order valence-electron chi connectivity index (χ2n) is 2.69. The lowest BCUT2D eigenvalue weighted by molar-refractivity contribution is 0.250. The summed E-state index contributed by atoms with van der Waals surface area (Å²) in [5, 5.41) is 11.9. The Labute approximate surface area is 84.9 Å². The van der Waals surface area contributed by atoms with Gasteiger partial charge in [-0.3, -0.25) is 0 Å². The highest BCUT2D eigenvalue weighted by Crippen LogP contribution is 2.23. The fourth-order valence-corrected chi connectivity index (χ4v) is 1.65. The van der Waals surface area contributed by atoms with Crippen LogP contribution in [0.1, 0.15) is 11.6 Å². The van der Waals surface area contributed by atoms with E-state index in [0.717, 1.165) is 10.0 Å². The number of benzene rings is 1. The first kappa shape index (κ1) is 10.6. The van der Waals surface area contributed by atoms with Crippen molar-refractivity contribution in [3.8, 4) is 0 Å². The van der Waals surface area contributed by atoms with Crippen LogP contribution in [0.15, 0.2) is 22.7 Å². The van der Waals surface area contributed by atoms with Gasteiger partial charge < -0.3 is 10.4 Å². The summed E-state index contributed by atoms with van der Waals surface area (Å²) in [5.74, 6) is -0.299. The maximum atomic E-state index is 12.8. The molecular formula is C9H11BrFNO. The Morgan fingerprint density at radius 3 is 2.85 bits per heavy atom. The number of likely N-dealkylation sites (N-methyl/N-ethyl adjacent to an activating group) is 1. The fourth-order valence-electron chi connectivity index (χ4n) is 1.13. The van der Waals surface area contributed by atoms with Crippen molar-refractivity contribution in [2.24, 2.45) is 0 Å². The van der Waals surface area contributed by atoms with Crippen molar-refractivity contribution < 1.29 is 9.50 Å². The lowest BCUT2D eigenvalue weighted by atomic mass is 10.1. The quantitative estimate of drug-likeness (QED) is 0.855. The monoisotopic (exact) mass is 247 g/mol. The Balaban J connectivity index is 3.03. The minimum atomic E-state index is -0.299. The van der Waals surface area contributed by atoms with Crippen LogP contribution in [0.5, 0.6) is 0 Å². The smallest absolute Gasteiger partial charge is 0.123 e. The summed E-state index contributed by atoms with van der Waals surface area (Å²) in [6.07, 6.45) is 0. The lowest BCUT2D eigenvalue weighted by Gasteiger charge is -2.15. The first-order valence-electron chi connectivity index (χ1n) is 3.92. The highest BCUT2D eigenvalue weighted by atomic mass is 79.9. The van der Waals surface area contributed by atoms with Crippen LogP contribution in [-0.2, 0) is 0 Å². The first-order valence-corrected chi connectivity index (χ1v) is 4.71. The number of aliphatic hydroxyl groups is 1. The summed E-state index contributed by atoms with van der Waals surface area (Å²) in [7, 11) is 1.72. The van der Waals surface area contributed by atoms with Crippen LogP contribution in [0, 0.1) is 5.82 Å². The Bertz CT molecular complexity index is 289. The third-order valence-corrected chi connectivity index (χ3v) is 2.59. The molecule has 1 aromatic rings. The van der Waals surface area contributed by atoms with Gasteiger partial charge in [0.2, 0.25) is 0 Å². The van der Waals surface area contributed by atoms with E-state index in [1.807, 2.05) is 0 Å². The van der Waals surface area contributed by atoms with Crippen molar-refractivity contribution in [3.63, 3.8) is 0 Å². The van der Waals surface area contributed by atoms with Crippen molar-refractivity contribution in [2.45, 2.75) is 6.04 Å². The summed E-state index contributed by atoms with van der Waals surface area (Å²) in [5.41, 5.74) is 0.727. The van der Waals surface area contributed by atoms with Crippen LogP contribution in [0.2, 0.25) is 0 Å². The van der Waals surface area contributed by atoms with Crippen LogP contribution >= 0.6 is 15.9 Å². The molecule has 2 nitrogen and oxygen atoms in total. The zero-order chi connectivity index (χ0) is 9.84. The van der Waals surface area contributed by atoms with Crippen LogP contribution in [0.4, 0.5) is 4.39 Å². The second kappa shape index (κ2) is 4.69. The summed E-state index contributed by atoms with van der Waals surface area (Å²) in [4.78, 5) is 0. The Hall–Kier alpha value is -0.450. The summed E-state index contributed by atoms with van der Waals surface area (Å²) in [6.45, 7) is -0.0570. The van der Waals surface area contributed by atoms with Gasteiger partial charge in [0, 0.05) is 4.47 Å². The van der Waals surface area contributed by atoms with Gasteiger partial charge in [-0.05, 0) is 30.8 Å². The maximum absolute atomic E-state index is 12.8. The van der Waals surface area contributed by atoms with Gasteiger partial charge in [-0.1, -0.05) is 15.9 Å². The molecule has 13 heavy (non-hydrogen) atoms. The zero-order valence-electron chi connectivity index (χ0n) is 7.22. The molecule has 0 bridgehead atoms. The Morgan fingerprint density at radius 1 is 1.62 bits per heavy atom. The number of halogens is 2. The molecule has 0 radical (unpaired) electrons. The summed E-state index contributed by atoms with van der Waals surface area (Å²) in [6, 6.07) is 4.18. The van der Waals surface area contributed by atoms with Gasteiger partial charge >= 0.3 is 0 Å². The molecule has 1 rings (SSSR count). The highest BCUT2D eigenvalue weighted by Gasteiger charge is 2.11. The maximum Gasteiger partial charge on any atom is 0.123 e. The molecule has 1 atom stereocenters.